The molecule has 2 fully saturated rings. The number of hydrogen-bond donors (Lipinski definition) is 2. The van der Waals surface area contributed by atoms with Crippen LogP contribution in [0.15, 0.2) is 18.3 Å². The fourth-order valence-electron chi connectivity index (χ4n) is 2.61. The monoisotopic (exact) mass is 224 g/mol. The van der Waals surface area contributed by atoms with Gasteiger partial charge in [0.05, 0.1) is 6.54 Å². The zero-order chi connectivity index (χ0) is 11.3. The first-order valence-electron chi connectivity index (χ1n) is 5.51. The van der Waals surface area contributed by atoms with E-state index in [1.54, 1.807) is 0 Å². The summed E-state index contributed by atoms with van der Waals surface area (Å²) in [7, 11) is 0. The summed E-state index contributed by atoms with van der Waals surface area (Å²) in [6, 6.07) is 3.70. The van der Waals surface area contributed by atoms with Gasteiger partial charge in [-0.1, -0.05) is 0 Å². The van der Waals surface area contributed by atoms with E-state index >= 15 is 0 Å². The summed E-state index contributed by atoms with van der Waals surface area (Å²) in [6.45, 7) is 4.29. The molecule has 88 valence electrons. The quantitative estimate of drug-likeness (QED) is 0.754. The molecule has 3 heterocycles. The van der Waals surface area contributed by atoms with E-state index in [-0.39, 0.29) is 18.2 Å². The number of hydrogen-bond acceptors (Lipinski definition) is 4. The molecular formula is C11H16N2O3. The second kappa shape index (κ2) is 3.30. The summed E-state index contributed by atoms with van der Waals surface area (Å²) in [5, 5.41) is 11.2. The van der Waals surface area contributed by atoms with Gasteiger partial charge in [-0.3, -0.25) is 0 Å². The molecule has 0 spiro atoms. The minimum Gasteiger partial charge on any atom is -0.364 e. The SMILES string of the molecule is CC1(C)O[C@H]2[C@@H](c3ccc[nH]3)N(O)C[C@H]2O1. The lowest BCUT2D eigenvalue weighted by molar-refractivity contribution is -0.199. The molecule has 1 aromatic rings. The van der Waals surface area contributed by atoms with Gasteiger partial charge >= 0.3 is 0 Å². The maximum atomic E-state index is 9.89. The van der Waals surface area contributed by atoms with Crippen molar-refractivity contribution in [2.75, 3.05) is 6.54 Å². The van der Waals surface area contributed by atoms with Crippen molar-refractivity contribution in [2.24, 2.45) is 0 Å². The van der Waals surface area contributed by atoms with Gasteiger partial charge in [-0.2, -0.15) is 5.06 Å². The lowest BCUT2D eigenvalue weighted by Gasteiger charge is -2.25. The van der Waals surface area contributed by atoms with Crippen LogP contribution in [0.5, 0.6) is 0 Å². The van der Waals surface area contributed by atoms with Gasteiger partial charge in [-0.15, -0.1) is 0 Å². The number of fused-ring (bicyclic) bond motifs is 1. The van der Waals surface area contributed by atoms with Crippen molar-refractivity contribution in [3.05, 3.63) is 24.0 Å². The van der Waals surface area contributed by atoms with Crippen LogP contribution in [0.4, 0.5) is 0 Å². The Morgan fingerprint density at radius 3 is 3.00 bits per heavy atom. The molecule has 2 saturated heterocycles. The van der Waals surface area contributed by atoms with Crippen molar-refractivity contribution in [3.63, 3.8) is 0 Å². The summed E-state index contributed by atoms with van der Waals surface area (Å²) in [5.41, 5.74) is 0.955. The Bertz CT molecular complexity index is 377. The summed E-state index contributed by atoms with van der Waals surface area (Å²) in [5.74, 6) is -0.554. The summed E-state index contributed by atoms with van der Waals surface area (Å²) < 4.78 is 11.6. The highest BCUT2D eigenvalue weighted by Crippen LogP contribution is 2.42. The number of H-pyrrole nitrogens is 1. The van der Waals surface area contributed by atoms with E-state index in [0.717, 1.165) is 5.69 Å². The fourth-order valence-corrected chi connectivity index (χ4v) is 2.61. The van der Waals surface area contributed by atoms with Crippen molar-refractivity contribution < 1.29 is 14.7 Å². The first kappa shape index (κ1) is 10.3. The molecule has 16 heavy (non-hydrogen) atoms. The summed E-state index contributed by atoms with van der Waals surface area (Å²) in [4.78, 5) is 3.11. The van der Waals surface area contributed by atoms with E-state index in [1.165, 1.54) is 5.06 Å². The van der Waals surface area contributed by atoms with E-state index in [0.29, 0.717) is 6.54 Å². The van der Waals surface area contributed by atoms with Gasteiger partial charge in [0.15, 0.2) is 5.79 Å². The highest BCUT2D eigenvalue weighted by Gasteiger charge is 2.53. The number of aromatic nitrogens is 1. The lowest BCUT2D eigenvalue weighted by atomic mass is 10.1. The molecule has 2 N–H and O–H groups in total. The molecule has 2 aliphatic rings. The van der Waals surface area contributed by atoms with Crippen LogP contribution >= 0.6 is 0 Å². The molecule has 0 radical (unpaired) electrons. The Labute approximate surface area is 93.9 Å². The maximum Gasteiger partial charge on any atom is 0.163 e. The van der Waals surface area contributed by atoms with Crippen molar-refractivity contribution in [2.45, 2.75) is 37.9 Å². The second-order valence-electron chi connectivity index (χ2n) is 4.83. The third-order valence-corrected chi connectivity index (χ3v) is 3.16. The zero-order valence-electron chi connectivity index (χ0n) is 9.38. The van der Waals surface area contributed by atoms with E-state index in [4.69, 9.17) is 9.47 Å². The summed E-state index contributed by atoms with van der Waals surface area (Å²) in [6.07, 6.45) is 1.67. The Morgan fingerprint density at radius 1 is 1.50 bits per heavy atom. The molecule has 5 heteroatoms. The van der Waals surface area contributed by atoms with Crippen LogP contribution < -0.4 is 0 Å². The average molecular weight is 224 g/mol. The Morgan fingerprint density at radius 2 is 2.31 bits per heavy atom. The maximum absolute atomic E-state index is 9.89. The van der Waals surface area contributed by atoms with Gasteiger partial charge in [0, 0.05) is 11.9 Å². The normalized spacial score (nSPS) is 37.8. The lowest BCUT2D eigenvalue weighted by Crippen LogP contribution is -2.31. The van der Waals surface area contributed by atoms with Crippen LogP contribution in [-0.4, -0.2) is 39.8 Å². The first-order chi connectivity index (χ1) is 7.57. The highest BCUT2D eigenvalue weighted by molar-refractivity contribution is 5.15. The standard InChI is InChI=1S/C11H16N2O3/c1-11(2)15-8-6-13(14)9(10(8)16-11)7-4-3-5-12-7/h3-5,8-10,12,14H,6H2,1-2H3/t8-,9-,10-/m1/s1. The summed E-state index contributed by atoms with van der Waals surface area (Å²) >= 11 is 0. The van der Waals surface area contributed by atoms with Crippen LogP contribution in [0.25, 0.3) is 0 Å². The Kier molecular flexibility index (Phi) is 2.12. The molecule has 3 rings (SSSR count). The van der Waals surface area contributed by atoms with Crippen molar-refractivity contribution in [1.29, 1.82) is 0 Å². The molecule has 0 aromatic carbocycles. The largest absolute Gasteiger partial charge is 0.364 e. The number of aromatic amines is 1. The van der Waals surface area contributed by atoms with E-state index in [2.05, 4.69) is 4.98 Å². The number of rotatable bonds is 1. The van der Waals surface area contributed by atoms with Gasteiger partial charge < -0.3 is 19.7 Å². The Hall–Kier alpha value is -0.880. The smallest absolute Gasteiger partial charge is 0.163 e. The van der Waals surface area contributed by atoms with E-state index < -0.39 is 5.79 Å². The first-order valence-corrected chi connectivity index (χ1v) is 5.51. The van der Waals surface area contributed by atoms with E-state index in [9.17, 15) is 5.21 Å². The van der Waals surface area contributed by atoms with Crippen LogP contribution in [0.2, 0.25) is 0 Å². The van der Waals surface area contributed by atoms with Crippen LogP contribution in [-0.2, 0) is 9.47 Å². The molecule has 2 aliphatic heterocycles. The average Bonchev–Trinajstić information content (AvgIpc) is 2.79. The predicted molar refractivity (Wildman–Crippen MR) is 55.9 cm³/mol. The fraction of sp³-hybridized carbons (Fsp3) is 0.636. The van der Waals surface area contributed by atoms with Gasteiger partial charge in [0.25, 0.3) is 0 Å². The van der Waals surface area contributed by atoms with Gasteiger partial charge in [0.1, 0.15) is 18.2 Å². The molecule has 0 aliphatic carbocycles. The number of ether oxygens (including phenoxy) is 2. The molecular weight excluding hydrogens is 208 g/mol. The molecule has 0 amide bonds. The van der Waals surface area contributed by atoms with Crippen molar-refractivity contribution in [1.82, 2.24) is 10.0 Å². The third kappa shape index (κ3) is 1.48. The number of nitrogens with zero attached hydrogens (tertiary/aromatic N) is 1. The molecule has 5 nitrogen and oxygen atoms in total. The van der Waals surface area contributed by atoms with Crippen LogP contribution in [0, 0.1) is 0 Å². The molecule has 3 atom stereocenters. The predicted octanol–water partition coefficient (Wildman–Crippen LogP) is 1.28. The Balaban J connectivity index is 1.89. The number of hydroxylamine groups is 2. The molecule has 1 aromatic heterocycles. The molecule has 0 bridgehead atoms. The molecule has 0 saturated carbocycles. The van der Waals surface area contributed by atoms with Gasteiger partial charge in [-0.05, 0) is 26.0 Å². The third-order valence-electron chi connectivity index (χ3n) is 3.16. The number of nitrogens with one attached hydrogen (secondary N) is 1. The van der Waals surface area contributed by atoms with Gasteiger partial charge in [0.2, 0.25) is 0 Å². The van der Waals surface area contributed by atoms with E-state index in [1.807, 2.05) is 32.2 Å². The van der Waals surface area contributed by atoms with Crippen molar-refractivity contribution in [3.8, 4) is 0 Å². The minimum atomic E-state index is -0.554. The topological polar surface area (TPSA) is 57.7 Å². The second-order valence-corrected chi connectivity index (χ2v) is 4.83. The van der Waals surface area contributed by atoms with Crippen molar-refractivity contribution >= 4 is 0 Å². The minimum absolute atomic E-state index is 0.0618. The van der Waals surface area contributed by atoms with Gasteiger partial charge in [-0.25, -0.2) is 0 Å². The molecule has 0 unspecified atom stereocenters. The zero-order valence-corrected chi connectivity index (χ0v) is 9.38. The highest BCUT2D eigenvalue weighted by atomic mass is 16.8. The van der Waals surface area contributed by atoms with Crippen LogP contribution in [0.3, 0.4) is 0 Å². The van der Waals surface area contributed by atoms with Crippen LogP contribution in [0.1, 0.15) is 25.6 Å².